The second-order valence-corrected chi connectivity index (χ2v) is 7.29. The van der Waals surface area contributed by atoms with Crippen molar-refractivity contribution >= 4 is 14.7 Å². The van der Waals surface area contributed by atoms with Crippen LogP contribution in [0.5, 0.6) is 0 Å². The van der Waals surface area contributed by atoms with Crippen molar-refractivity contribution in [2.75, 3.05) is 32.4 Å². The molecule has 4 nitrogen and oxygen atoms in total. The summed E-state index contributed by atoms with van der Waals surface area (Å²) in [6, 6.07) is 10.1. The molecule has 0 saturated heterocycles. The van der Waals surface area contributed by atoms with Gasteiger partial charge in [0, 0.05) is 33.6 Å². The van der Waals surface area contributed by atoms with E-state index in [1.54, 1.807) is 21.3 Å². The standard InChI is InChI=1S/C13H23NO3Si/c1-12(2)11-14(13-9-7-6-8-10-13)18(15-3,16-4)17-5/h6-10,12H,11H2,1-5H3. The lowest BCUT2D eigenvalue weighted by atomic mass is 10.2. The van der Waals surface area contributed by atoms with E-state index in [0.717, 1.165) is 12.2 Å². The maximum absolute atomic E-state index is 5.57. The second kappa shape index (κ2) is 6.89. The summed E-state index contributed by atoms with van der Waals surface area (Å²) >= 11 is 0. The van der Waals surface area contributed by atoms with Gasteiger partial charge >= 0.3 is 8.97 Å². The molecule has 0 atom stereocenters. The normalized spacial score (nSPS) is 11.9. The maximum Gasteiger partial charge on any atom is 0.632 e. The maximum atomic E-state index is 5.57. The van der Waals surface area contributed by atoms with Crippen LogP contribution in [-0.2, 0) is 13.3 Å². The van der Waals surface area contributed by atoms with E-state index in [1.165, 1.54) is 0 Å². The lowest BCUT2D eigenvalue weighted by Gasteiger charge is -2.37. The Balaban J connectivity index is 3.11. The van der Waals surface area contributed by atoms with Gasteiger partial charge in [-0.15, -0.1) is 0 Å². The number of benzene rings is 1. The molecule has 0 bridgehead atoms. The molecule has 1 aromatic rings. The first-order chi connectivity index (χ1) is 8.59. The van der Waals surface area contributed by atoms with Gasteiger partial charge in [-0.2, -0.15) is 0 Å². The summed E-state index contributed by atoms with van der Waals surface area (Å²) in [5.74, 6) is 0.484. The highest BCUT2D eigenvalue weighted by atomic mass is 28.4. The van der Waals surface area contributed by atoms with Crippen molar-refractivity contribution in [2.24, 2.45) is 5.92 Å². The van der Waals surface area contributed by atoms with Gasteiger partial charge in [0.1, 0.15) is 0 Å². The Bertz CT molecular complexity index is 333. The summed E-state index contributed by atoms with van der Waals surface area (Å²) in [4.78, 5) is 0. The first kappa shape index (κ1) is 15.2. The van der Waals surface area contributed by atoms with E-state index in [-0.39, 0.29) is 0 Å². The Kier molecular flexibility index (Phi) is 5.81. The smallest absolute Gasteiger partial charge is 0.360 e. The fourth-order valence-electron chi connectivity index (χ4n) is 1.93. The molecule has 0 aliphatic rings. The van der Waals surface area contributed by atoms with Gasteiger partial charge in [0.25, 0.3) is 0 Å². The zero-order valence-electron chi connectivity index (χ0n) is 11.8. The molecule has 0 fully saturated rings. The third-order valence-electron chi connectivity index (χ3n) is 2.72. The summed E-state index contributed by atoms with van der Waals surface area (Å²) in [6.45, 7) is 5.15. The first-order valence-electron chi connectivity index (χ1n) is 6.07. The summed E-state index contributed by atoms with van der Waals surface area (Å²) in [7, 11) is 2.09. The number of hydrogen-bond acceptors (Lipinski definition) is 4. The molecule has 0 unspecified atom stereocenters. The molecule has 18 heavy (non-hydrogen) atoms. The Hall–Kier alpha value is -0.883. The van der Waals surface area contributed by atoms with Gasteiger partial charge in [-0.3, -0.25) is 0 Å². The highest BCUT2D eigenvalue weighted by molar-refractivity contribution is 6.65. The van der Waals surface area contributed by atoms with E-state index in [9.17, 15) is 0 Å². The van der Waals surface area contributed by atoms with E-state index >= 15 is 0 Å². The van der Waals surface area contributed by atoms with Crippen molar-refractivity contribution in [1.82, 2.24) is 0 Å². The number of nitrogens with zero attached hydrogens (tertiary/aromatic N) is 1. The molecular formula is C13H23NO3Si. The van der Waals surface area contributed by atoms with Crippen LogP contribution < -0.4 is 4.57 Å². The first-order valence-corrected chi connectivity index (χ1v) is 7.75. The molecule has 0 spiro atoms. The molecule has 0 aliphatic carbocycles. The van der Waals surface area contributed by atoms with Crippen LogP contribution in [0.2, 0.25) is 0 Å². The highest BCUT2D eigenvalue weighted by Gasteiger charge is 2.47. The zero-order chi connectivity index (χ0) is 13.6. The molecule has 0 N–H and O–H groups in total. The average Bonchev–Trinajstić information content (AvgIpc) is 2.40. The Morgan fingerprint density at radius 1 is 1.00 bits per heavy atom. The minimum absolute atomic E-state index is 0.484. The molecule has 5 heteroatoms. The van der Waals surface area contributed by atoms with E-state index in [4.69, 9.17) is 13.3 Å². The fraction of sp³-hybridized carbons (Fsp3) is 0.538. The predicted molar refractivity (Wildman–Crippen MR) is 75.4 cm³/mol. The molecule has 1 rings (SSSR count). The average molecular weight is 269 g/mol. The topological polar surface area (TPSA) is 30.9 Å². The summed E-state index contributed by atoms with van der Waals surface area (Å²) < 4.78 is 18.8. The van der Waals surface area contributed by atoms with Crippen LogP contribution in [0.1, 0.15) is 13.8 Å². The monoisotopic (exact) mass is 269 g/mol. The van der Waals surface area contributed by atoms with Gasteiger partial charge in [-0.25, -0.2) is 0 Å². The molecule has 0 radical (unpaired) electrons. The summed E-state index contributed by atoms with van der Waals surface area (Å²) in [5, 5.41) is 0. The SMILES string of the molecule is CO[Si](OC)(OC)N(CC(C)C)c1ccccc1. The van der Waals surface area contributed by atoms with Gasteiger partial charge in [0.15, 0.2) is 0 Å². The lowest BCUT2D eigenvalue weighted by Crippen LogP contribution is -2.61. The third-order valence-corrected chi connectivity index (χ3v) is 5.37. The number of hydrogen-bond donors (Lipinski definition) is 0. The van der Waals surface area contributed by atoms with Crippen LogP contribution in [0, 0.1) is 5.92 Å². The fourth-order valence-corrected chi connectivity index (χ4v) is 4.14. The molecule has 1 aromatic carbocycles. The predicted octanol–water partition coefficient (Wildman–Crippen LogP) is 2.52. The van der Waals surface area contributed by atoms with E-state index < -0.39 is 8.97 Å². The molecule has 0 aromatic heterocycles. The molecular weight excluding hydrogens is 246 g/mol. The second-order valence-electron chi connectivity index (χ2n) is 4.48. The minimum atomic E-state index is -2.82. The number of anilines is 1. The third kappa shape index (κ3) is 3.32. The minimum Gasteiger partial charge on any atom is -0.360 e. The molecule has 0 heterocycles. The van der Waals surface area contributed by atoms with Crippen molar-refractivity contribution in [3.05, 3.63) is 30.3 Å². The number of rotatable bonds is 7. The van der Waals surface area contributed by atoms with E-state index in [1.807, 2.05) is 30.3 Å². The van der Waals surface area contributed by atoms with Gasteiger partial charge in [0.05, 0.1) is 0 Å². The number of para-hydroxylation sites is 1. The zero-order valence-corrected chi connectivity index (χ0v) is 12.8. The van der Waals surface area contributed by atoms with Crippen LogP contribution in [0.25, 0.3) is 0 Å². The lowest BCUT2D eigenvalue weighted by molar-refractivity contribution is 0.120. The Morgan fingerprint density at radius 3 is 1.89 bits per heavy atom. The van der Waals surface area contributed by atoms with Crippen molar-refractivity contribution in [2.45, 2.75) is 13.8 Å². The molecule has 0 aliphatic heterocycles. The van der Waals surface area contributed by atoms with Crippen LogP contribution in [0.3, 0.4) is 0 Å². The van der Waals surface area contributed by atoms with Gasteiger partial charge in [-0.1, -0.05) is 32.0 Å². The van der Waals surface area contributed by atoms with Crippen molar-refractivity contribution in [3.8, 4) is 0 Å². The van der Waals surface area contributed by atoms with Crippen molar-refractivity contribution in [3.63, 3.8) is 0 Å². The molecule has 0 saturated carbocycles. The van der Waals surface area contributed by atoms with Gasteiger partial charge in [0.2, 0.25) is 0 Å². The van der Waals surface area contributed by atoms with Crippen LogP contribution >= 0.6 is 0 Å². The summed E-state index contributed by atoms with van der Waals surface area (Å²) in [6.07, 6.45) is 0. The highest BCUT2D eigenvalue weighted by Crippen LogP contribution is 2.24. The largest absolute Gasteiger partial charge is 0.632 e. The van der Waals surface area contributed by atoms with Crippen molar-refractivity contribution < 1.29 is 13.3 Å². The van der Waals surface area contributed by atoms with Crippen LogP contribution in [0.15, 0.2) is 30.3 Å². The molecule has 0 amide bonds. The Morgan fingerprint density at radius 2 is 1.50 bits per heavy atom. The summed E-state index contributed by atoms with van der Waals surface area (Å²) in [5.41, 5.74) is 1.06. The van der Waals surface area contributed by atoms with Crippen LogP contribution in [-0.4, -0.2) is 36.8 Å². The van der Waals surface area contributed by atoms with Gasteiger partial charge < -0.3 is 17.8 Å². The Labute approximate surface area is 111 Å². The quantitative estimate of drug-likeness (QED) is 0.712. The van der Waals surface area contributed by atoms with E-state index in [0.29, 0.717) is 5.92 Å². The van der Waals surface area contributed by atoms with Crippen LogP contribution in [0.4, 0.5) is 5.69 Å². The van der Waals surface area contributed by atoms with Crippen molar-refractivity contribution in [1.29, 1.82) is 0 Å². The molecule has 102 valence electrons. The van der Waals surface area contributed by atoms with E-state index in [2.05, 4.69) is 18.4 Å². The van der Waals surface area contributed by atoms with Gasteiger partial charge in [-0.05, 0) is 18.1 Å².